The summed E-state index contributed by atoms with van der Waals surface area (Å²) in [7, 11) is 0. The van der Waals surface area contributed by atoms with Crippen LogP contribution in [0.5, 0.6) is 0 Å². The molecule has 0 aliphatic heterocycles. The van der Waals surface area contributed by atoms with E-state index in [1.807, 2.05) is 20.8 Å². The van der Waals surface area contributed by atoms with Crippen molar-refractivity contribution >= 4 is 17.5 Å². The first-order valence-corrected chi connectivity index (χ1v) is 3.58. The van der Waals surface area contributed by atoms with E-state index in [1.54, 1.807) is 0 Å². The second-order valence-corrected chi connectivity index (χ2v) is 1.76. The lowest BCUT2D eigenvalue weighted by atomic mass is 10.5. The number of nitrogens with two attached hydrogens (primary N) is 1. The summed E-state index contributed by atoms with van der Waals surface area (Å²) in [5.74, 6) is 0.546. The minimum atomic E-state index is 0.546. The maximum Gasteiger partial charge on any atom is 0.160 e. The first kappa shape index (κ1) is 8.36. The normalized spacial score (nSPS) is 7.89. The van der Waals surface area contributed by atoms with Gasteiger partial charge in [0.1, 0.15) is 0 Å². The largest absolute Gasteiger partial charge is 0.381 e. The highest BCUT2D eigenvalue weighted by molar-refractivity contribution is 6.99. The highest BCUT2D eigenvalue weighted by Crippen LogP contribution is 2.02. The Morgan fingerprint density at radius 1 is 1.33 bits per heavy atom. The van der Waals surface area contributed by atoms with Crippen LogP contribution in [-0.4, -0.2) is 8.75 Å². The Labute approximate surface area is 59.2 Å². The standard InChI is InChI=1S/C3H5N3S.C2H6/c1-2-3(4)6-7-5-2;1-2/h1H3,(H2,4,6);1-2H3. The molecule has 0 aromatic carbocycles. The van der Waals surface area contributed by atoms with E-state index in [0.717, 1.165) is 17.4 Å². The SMILES string of the molecule is CC.Cc1nsnc1N. The summed E-state index contributed by atoms with van der Waals surface area (Å²) >= 11 is 1.14. The third-order valence-electron chi connectivity index (χ3n) is 0.688. The third-order valence-corrected chi connectivity index (χ3v) is 1.32. The molecule has 0 aliphatic carbocycles. The molecule has 0 fully saturated rings. The molecule has 52 valence electrons. The first-order chi connectivity index (χ1) is 4.30. The van der Waals surface area contributed by atoms with Gasteiger partial charge in [-0.05, 0) is 6.92 Å². The van der Waals surface area contributed by atoms with Crippen LogP contribution in [0.2, 0.25) is 0 Å². The molecule has 0 bridgehead atoms. The minimum Gasteiger partial charge on any atom is -0.381 e. The van der Waals surface area contributed by atoms with Gasteiger partial charge in [0, 0.05) is 0 Å². The van der Waals surface area contributed by atoms with Gasteiger partial charge in [-0.3, -0.25) is 0 Å². The van der Waals surface area contributed by atoms with Crippen LogP contribution in [0.1, 0.15) is 19.5 Å². The van der Waals surface area contributed by atoms with Crippen LogP contribution < -0.4 is 5.73 Å². The van der Waals surface area contributed by atoms with Crippen molar-refractivity contribution in [3.63, 3.8) is 0 Å². The summed E-state index contributed by atoms with van der Waals surface area (Å²) in [6, 6.07) is 0. The molecule has 3 nitrogen and oxygen atoms in total. The number of nitrogens with zero attached hydrogens (tertiary/aromatic N) is 2. The van der Waals surface area contributed by atoms with Gasteiger partial charge in [-0.2, -0.15) is 8.75 Å². The molecule has 0 unspecified atom stereocenters. The van der Waals surface area contributed by atoms with Gasteiger partial charge in [0.05, 0.1) is 17.4 Å². The number of nitrogen functional groups attached to an aromatic ring is 1. The molecule has 1 heterocycles. The maximum absolute atomic E-state index is 5.28. The lowest BCUT2D eigenvalue weighted by molar-refractivity contribution is 1.33. The van der Waals surface area contributed by atoms with Crippen LogP contribution in [0, 0.1) is 6.92 Å². The molecule has 1 aromatic rings. The molecule has 1 rings (SSSR count). The van der Waals surface area contributed by atoms with E-state index in [2.05, 4.69) is 8.75 Å². The van der Waals surface area contributed by atoms with Crippen molar-refractivity contribution in [1.82, 2.24) is 8.75 Å². The smallest absolute Gasteiger partial charge is 0.160 e. The molecule has 0 saturated carbocycles. The van der Waals surface area contributed by atoms with E-state index in [-0.39, 0.29) is 0 Å². The average molecular weight is 145 g/mol. The topological polar surface area (TPSA) is 51.8 Å². The Bertz CT molecular complexity index is 144. The summed E-state index contributed by atoms with van der Waals surface area (Å²) in [4.78, 5) is 0. The fourth-order valence-electron chi connectivity index (χ4n) is 0.238. The van der Waals surface area contributed by atoms with E-state index in [4.69, 9.17) is 5.73 Å². The number of hydrogen-bond donors (Lipinski definition) is 1. The van der Waals surface area contributed by atoms with Gasteiger partial charge in [-0.1, -0.05) is 13.8 Å². The molecule has 0 saturated heterocycles. The van der Waals surface area contributed by atoms with Crippen molar-refractivity contribution < 1.29 is 0 Å². The molecule has 0 atom stereocenters. The summed E-state index contributed by atoms with van der Waals surface area (Å²) in [6.07, 6.45) is 0. The molecule has 0 amide bonds. The Balaban J connectivity index is 0.000000291. The van der Waals surface area contributed by atoms with E-state index < -0.39 is 0 Å². The second-order valence-electron chi connectivity index (χ2n) is 1.23. The van der Waals surface area contributed by atoms with E-state index in [1.165, 1.54) is 0 Å². The molecular formula is C5H11N3S. The predicted octanol–water partition coefficient (Wildman–Crippen LogP) is 1.45. The minimum absolute atomic E-state index is 0.546. The van der Waals surface area contributed by atoms with Gasteiger partial charge >= 0.3 is 0 Å². The molecule has 4 heteroatoms. The summed E-state index contributed by atoms with van der Waals surface area (Å²) in [6.45, 7) is 5.83. The average Bonchev–Trinajstić information content (AvgIpc) is 2.23. The van der Waals surface area contributed by atoms with Crippen molar-refractivity contribution in [2.45, 2.75) is 20.8 Å². The molecule has 1 aromatic heterocycles. The first-order valence-electron chi connectivity index (χ1n) is 2.85. The van der Waals surface area contributed by atoms with Gasteiger partial charge in [0.25, 0.3) is 0 Å². The van der Waals surface area contributed by atoms with Gasteiger partial charge in [-0.15, -0.1) is 0 Å². The fraction of sp³-hybridized carbons (Fsp3) is 0.600. The fourth-order valence-corrected chi connectivity index (χ4v) is 0.715. The Hall–Kier alpha value is -0.640. The van der Waals surface area contributed by atoms with Crippen LogP contribution >= 0.6 is 11.7 Å². The van der Waals surface area contributed by atoms with Crippen LogP contribution in [0.15, 0.2) is 0 Å². The van der Waals surface area contributed by atoms with Crippen molar-refractivity contribution in [3.05, 3.63) is 5.69 Å². The number of aromatic nitrogens is 2. The lowest BCUT2D eigenvalue weighted by Gasteiger charge is -1.76. The third kappa shape index (κ3) is 2.41. The molecule has 0 radical (unpaired) electrons. The zero-order valence-electron chi connectivity index (χ0n) is 5.88. The van der Waals surface area contributed by atoms with Gasteiger partial charge in [0.15, 0.2) is 5.82 Å². The summed E-state index contributed by atoms with van der Waals surface area (Å²) in [5, 5.41) is 0. The van der Waals surface area contributed by atoms with Crippen LogP contribution in [0.3, 0.4) is 0 Å². The van der Waals surface area contributed by atoms with Crippen LogP contribution in [0.4, 0.5) is 5.82 Å². The van der Waals surface area contributed by atoms with Crippen LogP contribution in [0.25, 0.3) is 0 Å². The number of aryl methyl sites for hydroxylation is 1. The maximum atomic E-state index is 5.28. The highest BCUT2D eigenvalue weighted by Gasteiger charge is 1.92. The Morgan fingerprint density at radius 3 is 2.00 bits per heavy atom. The number of anilines is 1. The lowest BCUT2D eigenvalue weighted by Crippen LogP contribution is -1.85. The van der Waals surface area contributed by atoms with Crippen molar-refractivity contribution in [2.75, 3.05) is 5.73 Å². The molecule has 2 N–H and O–H groups in total. The van der Waals surface area contributed by atoms with E-state index in [9.17, 15) is 0 Å². The molecular weight excluding hydrogens is 134 g/mol. The molecule has 9 heavy (non-hydrogen) atoms. The van der Waals surface area contributed by atoms with Crippen molar-refractivity contribution in [3.8, 4) is 0 Å². The second kappa shape index (κ2) is 4.26. The quantitative estimate of drug-likeness (QED) is 0.601. The highest BCUT2D eigenvalue weighted by atomic mass is 32.1. The Morgan fingerprint density at radius 2 is 1.89 bits per heavy atom. The number of rotatable bonds is 0. The van der Waals surface area contributed by atoms with Crippen LogP contribution in [-0.2, 0) is 0 Å². The van der Waals surface area contributed by atoms with E-state index in [0.29, 0.717) is 5.82 Å². The summed E-state index contributed by atoms with van der Waals surface area (Å²) < 4.78 is 7.55. The van der Waals surface area contributed by atoms with Crippen molar-refractivity contribution in [2.24, 2.45) is 0 Å². The summed E-state index contributed by atoms with van der Waals surface area (Å²) in [5.41, 5.74) is 6.10. The zero-order chi connectivity index (χ0) is 7.28. The Kier molecular flexibility index (Phi) is 3.96. The monoisotopic (exact) mass is 145 g/mol. The van der Waals surface area contributed by atoms with Gasteiger partial charge < -0.3 is 5.73 Å². The van der Waals surface area contributed by atoms with Gasteiger partial charge in [0.2, 0.25) is 0 Å². The zero-order valence-corrected chi connectivity index (χ0v) is 6.70. The molecule has 0 aliphatic rings. The van der Waals surface area contributed by atoms with Gasteiger partial charge in [-0.25, -0.2) is 0 Å². The predicted molar refractivity (Wildman–Crippen MR) is 40.4 cm³/mol. The molecule has 0 spiro atoms. The number of hydrogen-bond acceptors (Lipinski definition) is 4. The van der Waals surface area contributed by atoms with Crippen molar-refractivity contribution in [1.29, 1.82) is 0 Å². The van der Waals surface area contributed by atoms with E-state index >= 15 is 0 Å².